The highest BCUT2D eigenvalue weighted by molar-refractivity contribution is 7.86. The van der Waals surface area contributed by atoms with Gasteiger partial charge in [0.1, 0.15) is 11.1 Å². The van der Waals surface area contributed by atoms with Gasteiger partial charge in [-0.2, -0.15) is 0 Å². The van der Waals surface area contributed by atoms with Crippen molar-refractivity contribution in [3.63, 3.8) is 0 Å². The Labute approximate surface area is 109 Å². The third-order valence-electron chi connectivity index (χ3n) is 2.79. The van der Waals surface area contributed by atoms with Crippen LogP contribution in [0.2, 0.25) is 0 Å². The Kier molecular flexibility index (Phi) is 5.47. The molecule has 1 aromatic carbocycles. The summed E-state index contributed by atoms with van der Waals surface area (Å²) in [4.78, 5) is 14.2. The monoisotopic (exact) mass is 271 g/mol. The highest BCUT2D eigenvalue weighted by Gasteiger charge is 2.24. The first-order chi connectivity index (χ1) is 8.51. The molecule has 2 unspecified atom stereocenters. The van der Waals surface area contributed by atoms with Gasteiger partial charge in [0.15, 0.2) is 0 Å². The quantitative estimate of drug-likeness (QED) is 0.823. The molecule has 0 N–H and O–H groups in total. The van der Waals surface area contributed by atoms with Gasteiger partial charge in [-0.05, 0) is 45.0 Å². The van der Waals surface area contributed by atoms with E-state index in [0.717, 1.165) is 0 Å². The van der Waals surface area contributed by atoms with E-state index in [2.05, 4.69) is 0 Å². The molecule has 3 nitrogen and oxygen atoms in total. The summed E-state index contributed by atoms with van der Waals surface area (Å²) in [6, 6.07) is 5.42. The maximum Gasteiger partial charge on any atom is 0.238 e. The minimum absolute atomic E-state index is 0.136. The second-order valence-electron chi connectivity index (χ2n) is 3.90. The van der Waals surface area contributed by atoms with Crippen LogP contribution in [-0.2, 0) is 15.6 Å². The molecule has 1 amide bonds. The van der Waals surface area contributed by atoms with Gasteiger partial charge < -0.3 is 4.90 Å². The van der Waals surface area contributed by atoms with Crippen molar-refractivity contribution >= 4 is 16.7 Å². The molecule has 0 bridgehead atoms. The average molecular weight is 271 g/mol. The normalized spacial score (nSPS) is 14.0. The molecule has 0 heterocycles. The minimum Gasteiger partial charge on any atom is -0.342 e. The van der Waals surface area contributed by atoms with Crippen molar-refractivity contribution in [1.29, 1.82) is 0 Å². The van der Waals surface area contributed by atoms with Crippen LogP contribution in [-0.4, -0.2) is 33.4 Å². The van der Waals surface area contributed by atoms with Crippen LogP contribution in [0.25, 0.3) is 0 Å². The SMILES string of the molecule is CCN(CC)C(=O)C(C)S(=O)c1ccc(F)cc1. The molecule has 0 aromatic heterocycles. The first-order valence-corrected chi connectivity index (χ1v) is 7.17. The van der Waals surface area contributed by atoms with Crippen LogP contribution in [0, 0.1) is 5.82 Å². The van der Waals surface area contributed by atoms with Crippen molar-refractivity contribution < 1.29 is 13.4 Å². The van der Waals surface area contributed by atoms with Crippen molar-refractivity contribution in [2.45, 2.75) is 30.9 Å². The Morgan fingerprint density at radius 3 is 2.22 bits per heavy atom. The van der Waals surface area contributed by atoms with E-state index in [-0.39, 0.29) is 11.7 Å². The number of hydrogen-bond donors (Lipinski definition) is 0. The number of carbonyl (C=O) groups is 1. The molecular formula is C13H18FNO2S. The summed E-state index contributed by atoms with van der Waals surface area (Å²) >= 11 is 0. The first kappa shape index (κ1) is 14.8. The number of amides is 1. The van der Waals surface area contributed by atoms with Gasteiger partial charge in [0, 0.05) is 18.0 Å². The van der Waals surface area contributed by atoms with Crippen LogP contribution in [0.5, 0.6) is 0 Å². The van der Waals surface area contributed by atoms with E-state index in [1.165, 1.54) is 24.3 Å². The Morgan fingerprint density at radius 2 is 1.78 bits per heavy atom. The van der Waals surface area contributed by atoms with Crippen molar-refractivity contribution in [2.75, 3.05) is 13.1 Å². The molecule has 0 saturated carbocycles. The fourth-order valence-corrected chi connectivity index (χ4v) is 2.80. The molecule has 100 valence electrons. The van der Waals surface area contributed by atoms with Crippen LogP contribution in [0.15, 0.2) is 29.2 Å². The van der Waals surface area contributed by atoms with E-state index < -0.39 is 16.0 Å². The summed E-state index contributed by atoms with van der Waals surface area (Å²) < 4.78 is 24.9. The van der Waals surface area contributed by atoms with Gasteiger partial charge in [0.05, 0.1) is 10.8 Å². The maximum absolute atomic E-state index is 12.8. The molecule has 0 aliphatic heterocycles. The zero-order valence-corrected chi connectivity index (χ0v) is 11.7. The highest BCUT2D eigenvalue weighted by Crippen LogP contribution is 2.14. The van der Waals surface area contributed by atoms with E-state index in [1.807, 2.05) is 13.8 Å². The van der Waals surface area contributed by atoms with E-state index in [4.69, 9.17) is 0 Å². The van der Waals surface area contributed by atoms with Crippen molar-refractivity contribution in [2.24, 2.45) is 0 Å². The standard InChI is InChI=1S/C13H18FNO2S/c1-4-15(5-2)13(16)10(3)18(17)12-8-6-11(14)7-9-12/h6-10H,4-5H2,1-3H3. The zero-order chi connectivity index (χ0) is 13.7. The third kappa shape index (κ3) is 3.38. The van der Waals surface area contributed by atoms with E-state index >= 15 is 0 Å². The zero-order valence-electron chi connectivity index (χ0n) is 10.9. The molecule has 0 aliphatic rings. The van der Waals surface area contributed by atoms with Gasteiger partial charge >= 0.3 is 0 Å². The van der Waals surface area contributed by atoms with Crippen LogP contribution < -0.4 is 0 Å². The molecule has 0 spiro atoms. The largest absolute Gasteiger partial charge is 0.342 e. The fourth-order valence-electron chi connectivity index (χ4n) is 1.66. The predicted molar refractivity (Wildman–Crippen MR) is 70.2 cm³/mol. The minimum atomic E-state index is -1.45. The molecule has 0 radical (unpaired) electrons. The second-order valence-corrected chi connectivity index (χ2v) is 5.68. The summed E-state index contributed by atoms with van der Waals surface area (Å²) in [5.74, 6) is -0.513. The summed E-state index contributed by atoms with van der Waals surface area (Å²) in [6.45, 7) is 6.60. The maximum atomic E-state index is 12.8. The van der Waals surface area contributed by atoms with E-state index in [9.17, 15) is 13.4 Å². The number of benzene rings is 1. The molecule has 2 atom stereocenters. The molecule has 18 heavy (non-hydrogen) atoms. The van der Waals surface area contributed by atoms with Crippen molar-refractivity contribution in [3.05, 3.63) is 30.1 Å². The van der Waals surface area contributed by atoms with Gasteiger partial charge in [0.25, 0.3) is 0 Å². The van der Waals surface area contributed by atoms with Crippen LogP contribution in [0.1, 0.15) is 20.8 Å². The van der Waals surface area contributed by atoms with Crippen LogP contribution in [0.3, 0.4) is 0 Å². The molecule has 0 aliphatic carbocycles. The number of nitrogens with zero attached hydrogens (tertiary/aromatic N) is 1. The number of hydrogen-bond acceptors (Lipinski definition) is 2. The molecule has 1 rings (SSSR count). The van der Waals surface area contributed by atoms with Gasteiger partial charge in [0.2, 0.25) is 5.91 Å². The van der Waals surface area contributed by atoms with Gasteiger partial charge in [-0.25, -0.2) is 4.39 Å². The second kappa shape index (κ2) is 6.64. The van der Waals surface area contributed by atoms with Crippen LogP contribution in [0.4, 0.5) is 4.39 Å². The summed E-state index contributed by atoms with van der Waals surface area (Å²) in [5, 5.41) is -0.615. The van der Waals surface area contributed by atoms with Gasteiger partial charge in [-0.1, -0.05) is 0 Å². The Balaban J connectivity index is 2.83. The molecule has 1 aromatic rings. The summed E-state index contributed by atoms with van der Waals surface area (Å²) in [7, 11) is -1.45. The lowest BCUT2D eigenvalue weighted by atomic mass is 10.3. The highest BCUT2D eigenvalue weighted by atomic mass is 32.2. The molecule has 0 saturated heterocycles. The van der Waals surface area contributed by atoms with E-state index in [0.29, 0.717) is 18.0 Å². The Hall–Kier alpha value is -1.23. The topological polar surface area (TPSA) is 37.4 Å². The number of rotatable bonds is 5. The lowest BCUT2D eigenvalue weighted by molar-refractivity contribution is -0.129. The summed E-state index contributed by atoms with van der Waals surface area (Å²) in [5.41, 5.74) is 0. The fraction of sp³-hybridized carbons (Fsp3) is 0.462. The van der Waals surface area contributed by atoms with Crippen molar-refractivity contribution in [3.8, 4) is 0 Å². The van der Waals surface area contributed by atoms with Crippen molar-refractivity contribution in [1.82, 2.24) is 4.90 Å². The lowest BCUT2D eigenvalue weighted by Gasteiger charge is -2.22. The number of carbonyl (C=O) groups excluding carboxylic acids is 1. The third-order valence-corrected chi connectivity index (χ3v) is 4.37. The summed E-state index contributed by atoms with van der Waals surface area (Å²) in [6.07, 6.45) is 0. The average Bonchev–Trinajstić information content (AvgIpc) is 2.39. The molecule has 5 heteroatoms. The Bertz CT molecular complexity index is 429. The predicted octanol–water partition coefficient (Wildman–Crippen LogP) is 2.19. The van der Waals surface area contributed by atoms with Crippen LogP contribution >= 0.6 is 0 Å². The Morgan fingerprint density at radius 1 is 1.28 bits per heavy atom. The van der Waals surface area contributed by atoms with E-state index in [1.54, 1.807) is 11.8 Å². The first-order valence-electron chi connectivity index (χ1n) is 5.96. The van der Waals surface area contributed by atoms with Gasteiger partial charge in [-0.15, -0.1) is 0 Å². The van der Waals surface area contributed by atoms with Gasteiger partial charge in [-0.3, -0.25) is 9.00 Å². The molecular weight excluding hydrogens is 253 g/mol. The molecule has 0 fully saturated rings. The lowest BCUT2D eigenvalue weighted by Crippen LogP contribution is -2.39. The smallest absolute Gasteiger partial charge is 0.238 e. The number of halogens is 1.